The van der Waals surface area contributed by atoms with Gasteiger partial charge in [-0.05, 0) is 31.8 Å². The number of hydrogen-bond acceptors (Lipinski definition) is 2. The van der Waals surface area contributed by atoms with Gasteiger partial charge in [0, 0.05) is 0 Å². The summed E-state index contributed by atoms with van der Waals surface area (Å²) in [4.78, 5) is 2.30. The van der Waals surface area contributed by atoms with E-state index in [2.05, 4.69) is 36.1 Å². The summed E-state index contributed by atoms with van der Waals surface area (Å²) in [5, 5.41) is 7.80. The maximum Gasteiger partial charge on any atom is 0.120 e. The van der Waals surface area contributed by atoms with E-state index in [-0.39, 0.29) is 5.84 Å². The Kier molecular flexibility index (Phi) is 2.65. The van der Waals surface area contributed by atoms with E-state index >= 15 is 0 Å². The van der Waals surface area contributed by atoms with Crippen molar-refractivity contribution in [1.82, 2.24) is 4.90 Å². The van der Waals surface area contributed by atoms with Crippen molar-refractivity contribution in [2.24, 2.45) is 11.7 Å². The van der Waals surface area contributed by atoms with Crippen LogP contribution in [0.1, 0.15) is 19.8 Å². The van der Waals surface area contributed by atoms with Crippen LogP contribution in [0.4, 0.5) is 0 Å². The Balaban J connectivity index is 2.29. The van der Waals surface area contributed by atoms with Crippen LogP contribution >= 0.6 is 0 Å². The molecule has 0 aromatic heterocycles. The number of nitrogens with one attached hydrogen (secondary N) is 1. The van der Waals surface area contributed by atoms with Gasteiger partial charge in [0.05, 0.1) is 0 Å². The minimum atomic E-state index is -0.428. The Labute approximate surface area is 91.1 Å². The van der Waals surface area contributed by atoms with Crippen molar-refractivity contribution in [1.29, 1.82) is 5.41 Å². The second kappa shape index (κ2) is 3.81. The van der Waals surface area contributed by atoms with Crippen molar-refractivity contribution in [3.05, 3.63) is 24.3 Å². The molecule has 1 fully saturated rings. The Morgan fingerprint density at radius 1 is 1.33 bits per heavy atom. The second-order valence-electron chi connectivity index (χ2n) is 4.51. The zero-order valence-corrected chi connectivity index (χ0v) is 9.24. The normalized spacial score (nSPS) is 35.9. The minimum Gasteiger partial charge on any atom is -0.386 e. The molecule has 15 heavy (non-hydrogen) atoms. The standard InChI is InChI=1S/C12H19N3/c1-10-4-6-12(7-5-10,11(13)14)15-8-2-3-9-15/h4-7,10H,2-3,8-9H2,1H3,(H3,13,14). The highest BCUT2D eigenvalue weighted by Crippen LogP contribution is 2.28. The summed E-state index contributed by atoms with van der Waals surface area (Å²) in [7, 11) is 0. The first-order chi connectivity index (χ1) is 7.15. The van der Waals surface area contributed by atoms with E-state index < -0.39 is 5.54 Å². The maximum absolute atomic E-state index is 7.80. The molecule has 0 aromatic rings. The summed E-state index contributed by atoms with van der Waals surface area (Å²) in [5.41, 5.74) is 5.34. The fourth-order valence-corrected chi connectivity index (χ4v) is 2.36. The van der Waals surface area contributed by atoms with Gasteiger partial charge in [0.15, 0.2) is 0 Å². The van der Waals surface area contributed by atoms with Crippen molar-refractivity contribution in [3.63, 3.8) is 0 Å². The molecule has 1 heterocycles. The Morgan fingerprint density at radius 2 is 1.87 bits per heavy atom. The van der Waals surface area contributed by atoms with Gasteiger partial charge in [-0.1, -0.05) is 31.2 Å². The van der Waals surface area contributed by atoms with E-state index in [1.807, 2.05) is 0 Å². The molecule has 0 atom stereocenters. The largest absolute Gasteiger partial charge is 0.386 e. The summed E-state index contributed by atoms with van der Waals surface area (Å²) in [6, 6.07) is 0. The summed E-state index contributed by atoms with van der Waals surface area (Å²) >= 11 is 0. The lowest BCUT2D eigenvalue weighted by Gasteiger charge is -2.38. The molecule has 3 heteroatoms. The van der Waals surface area contributed by atoms with Crippen LogP contribution < -0.4 is 5.73 Å². The Bertz CT molecular complexity index is 297. The summed E-state index contributed by atoms with van der Waals surface area (Å²) in [5.74, 6) is 0.698. The van der Waals surface area contributed by atoms with E-state index in [1.54, 1.807) is 0 Å². The third-order valence-electron chi connectivity index (χ3n) is 3.37. The van der Waals surface area contributed by atoms with Crippen molar-refractivity contribution in [2.75, 3.05) is 13.1 Å². The number of likely N-dealkylation sites (tertiary alicyclic amines) is 1. The van der Waals surface area contributed by atoms with Crippen LogP contribution in [-0.2, 0) is 0 Å². The predicted octanol–water partition coefficient (Wildman–Crippen LogP) is 1.52. The number of amidine groups is 1. The average Bonchev–Trinajstić information content (AvgIpc) is 2.72. The first-order valence-electron chi connectivity index (χ1n) is 5.63. The number of allylic oxidation sites excluding steroid dienone is 2. The molecule has 0 saturated carbocycles. The fraction of sp³-hybridized carbons (Fsp3) is 0.583. The van der Waals surface area contributed by atoms with Crippen LogP contribution in [0.3, 0.4) is 0 Å². The maximum atomic E-state index is 7.80. The molecule has 0 spiro atoms. The molecule has 0 amide bonds. The molecular formula is C12H19N3. The van der Waals surface area contributed by atoms with Crippen LogP contribution in [-0.4, -0.2) is 29.4 Å². The number of nitrogens with zero attached hydrogens (tertiary/aromatic N) is 1. The molecule has 3 N–H and O–H groups in total. The van der Waals surface area contributed by atoms with Gasteiger partial charge in [-0.15, -0.1) is 0 Å². The first kappa shape index (κ1) is 10.4. The third-order valence-corrected chi connectivity index (χ3v) is 3.37. The molecule has 1 saturated heterocycles. The zero-order chi connectivity index (χ0) is 10.9. The molecule has 0 bridgehead atoms. The van der Waals surface area contributed by atoms with E-state index in [0.29, 0.717) is 5.92 Å². The van der Waals surface area contributed by atoms with Gasteiger partial charge in [0.2, 0.25) is 0 Å². The summed E-state index contributed by atoms with van der Waals surface area (Å²) in [6.45, 7) is 4.23. The fourth-order valence-electron chi connectivity index (χ4n) is 2.36. The lowest BCUT2D eigenvalue weighted by Crippen LogP contribution is -2.54. The highest BCUT2D eigenvalue weighted by atomic mass is 15.2. The van der Waals surface area contributed by atoms with Crippen molar-refractivity contribution in [3.8, 4) is 0 Å². The molecule has 0 aromatic carbocycles. The summed E-state index contributed by atoms with van der Waals surface area (Å²) < 4.78 is 0. The van der Waals surface area contributed by atoms with Gasteiger partial charge in [-0.25, -0.2) is 0 Å². The van der Waals surface area contributed by atoms with Gasteiger partial charge < -0.3 is 5.73 Å². The summed E-state index contributed by atoms with van der Waals surface area (Å²) in [6.07, 6.45) is 10.9. The lowest BCUT2D eigenvalue weighted by molar-refractivity contribution is 0.271. The van der Waals surface area contributed by atoms with E-state index in [4.69, 9.17) is 11.1 Å². The van der Waals surface area contributed by atoms with Gasteiger partial charge >= 0.3 is 0 Å². The van der Waals surface area contributed by atoms with E-state index in [1.165, 1.54) is 12.8 Å². The lowest BCUT2D eigenvalue weighted by atomic mass is 9.87. The molecule has 1 aliphatic heterocycles. The smallest absolute Gasteiger partial charge is 0.120 e. The monoisotopic (exact) mass is 205 g/mol. The number of hydrogen-bond donors (Lipinski definition) is 2. The van der Waals surface area contributed by atoms with Gasteiger partial charge in [-0.2, -0.15) is 0 Å². The molecule has 2 rings (SSSR count). The van der Waals surface area contributed by atoms with Crippen LogP contribution in [0.25, 0.3) is 0 Å². The Hall–Kier alpha value is -1.09. The first-order valence-corrected chi connectivity index (χ1v) is 5.63. The molecule has 0 unspecified atom stereocenters. The second-order valence-corrected chi connectivity index (χ2v) is 4.51. The third kappa shape index (κ3) is 1.72. The van der Waals surface area contributed by atoms with Gasteiger partial charge in [0.25, 0.3) is 0 Å². The molecule has 0 radical (unpaired) electrons. The molecular weight excluding hydrogens is 186 g/mol. The molecule has 1 aliphatic carbocycles. The highest BCUT2D eigenvalue weighted by molar-refractivity contribution is 5.92. The predicted molar refractivity (Wildman–Crippen MR) is 62.9 cm³/mol. The SMILES string of the molecule is CC1C=CC(C(=N)N)(N2CCCC2)C=C1. The van der Waals surface area contributed by atoms with Crippen LogP contribution in [0.2, 0.25) is 0 Å². The van der Waals surface area contributed by atoms with Gasteiger partial charge in [-0.3, -0.25) is 10.3 Å². The highest BCUT2D eigenvalue weighted by Gasteiger charge is 2.37. The van der Waals surface area contributed by atoms with E-state index in [9.17, 15) is 0 Å². The van der Waals surface area contributed by atoms with Crippen molar-refractivity contribution < 1.29 is 0 Å². The quantitative estimate of drug-likeness (QED) is 0.408. The molecule has 2 aliphatic rings. The molecule has 3 nitrogen and oxygen atoms in total. The molecule has 82 valence electrons. The van der Waals surface area contributed by atoms with Crippen molar-refractivity contribution >= 4 is 5.84 Å². The van der Waals surface area contributed by atoms with Crippen molar-refractivity contribution in [2.45, 2.75) is 25.3 Å². The topological polar surface area (TPSA) is 53.1 Å². The van der Waals surface area contributed by atoms with Crippen LogP contribution in [0.5, 0.6) is 0 Å². The van der Waals surface area contributed by atoms with Crippen LogP contribution in [0, 0.1) is 11.3 Å². The van der Waals surface area contributed by atoms with Gasteiger partial charge in [0.1, 0.15) is 11.4 Å². The minimum absolute atomic E-state index is 0.240. The number of rotatable bonds is 2. The number of nitrogens with two attached hydrogens (primary N) is 1. The van der Waals surface area contributed by atoms with Crippen LogP contribution in [0.15, 0.2) is 24.3 Å². The average molecular weight is 205 g/mol. The van der Waals surface area contributed by atoms with E-state index in [0.717, 1.165) is 13.1 Å². The Morgan fingerprint density at radius 3 is 2.33 bits per heavy atom. The zero-order valence-electron chi connectivity index (χ0n) is 9.24.